The van der Waals surface area contributed by atoms with Crippen LogP contribution < -0.4 is 18.9 Å². The van der Waals surface area contributed by atoms with Crippen LogP contribution in [0.4, 0.5) is 0 Å². The summed E-state index contributed by atoms with van der Waals surface area (Å²) in [5.41, 5.74) is 0. The Morgan fingerprint density at radius 3 is 2.92 bits per heavy atom. The van der Waals surface area contributed by atoms with Gasteiger partial charge in [0, 0.05) is 3.70 Å². The van der Waals surface area contributed by atoms with E-state index in [4.69, 9.17) is 4.42 Å². The van der Waals surface area contributed by atoms with Crippen molar-refractivity contribution in [2.75, 3.05) is 5.75 Å². The van der Waals surface area contributed by atoms with Gasteiger partial charge in [0.15, 0.2) is 0 Å². The smallest absolute Gasteiger partial charge is 0.622 e. The minimum absolute atomic E-state index is 0. The minimum Gasteiger partial charge on any atom is -0.622 e. The fourth-order valence-electron chi connectivity index (χ4n) is 0.577. The fourth-order valence-corrected chi connectivity index (χ4v) is 1.93. The molecule has 0 aliphatic rings. The Kier molecular flexibility index (Phi) is 7.85. The Bertz CT molecular complexity index is 219. The summed E-state index contributed by atoms with van der Waals surface area (Å²) in [7, 11) is 0. The first-order valence-corrected chi connectivity index (χ1v) is 5.56. The molecule has 0 radical (unpaired) electrons. The van der Waals surface area contributed by atoms with Crippen LogP contribution in [0.5, 0.6) is 0 Å². The Morgan fingerprint density at radius 2 is 2.42 bits per heavy atom. The molecule has 0 aliphatic carbocycles. The van der Waals surface area contributed by atoms with Gasteiger partial charge in [-0.1, -0.05) is 13.3 Å². The molecule has 1 rings (SSSR count). The predicted molar refractivity (Wildman–Crippen MR) is 53.7 cm³/mol. The van der Waals surface area contributed by atoms with E-state index < -0.39 is 0 Å². The van der Waals surface area contributed by atoms with E-state index in [9.17, 15) is 0 Å². The molecule has 0 saturated heterocycles. The average molecular weight is 289 g/mol. The molecule has 0 atom stereocenters. The van der Waals surface area contributed by atoms with Crippen molar-refractivity contribution in [1.29, 1.82) is 0 Å². The van der Waals surface area contributed by atoms with Gasteiger partial charge in [0.1, 0.15) is 0 Å². The van der Waals surface area contributed by atoms with E-state index in [1.54, 1.807) is 11.8 Å². The van der Waals surface area contributed by atoms with Gasteiger partial charge in [0.2, 0.25) is 0 Å². The number of nitrogens with zero attached hydrogens (tertiary/aromatic N) is 1. The maximum Gasteiger partial charge on any atom is 1.00 e. The van der Waals surface area contributed by atoms with E-state index >= 15 is 0 Å². The van der Waals surface area contributed by atoms with Crippen LogP contribution in [0.3, 0.4) is 0 Å². The predicted octanol–water partition coefficient (Wildman–Crippen LogP) is -0.0244. The van der Waals surface area contributed by atoms with Gasteiger partial charge >= 0.3 is 18.9 Å². The number of aromatic nitrogens is 1. The summed E-state index contributed by atoms with van der Waals surface area (Å²) >= 11 is 3.74. The van der Waals surface area contributed by atoms with Gasteiger partial charge in [-0.15, -0.1) is 0 Å². The van der Waals surface area contributed by atoms with Crippen molar-refractivity contribution in [2.45, 2.75) is 25.0 Å². The van der Waals surface area contributed by atoms with Crippen LogP contribution in [0.1, 0.15) is 19.8 Å². The molecular formula is C7H9ILiNOS. The molecule has 0 N–H and O–H groups in total. The molecule has 0 bridgehead atoms. The molecule has 62 valence electrons. The second-order valence-electron chi connectivity index (χ2n) is 2.07. The first-order valence-electron chi connectivity index (χ1n) is 3.49. The molecule has 5 heteroatoms. The second kappa shape index (κ2) is 7.31. The topological polar surface area (TPSA) is 26.0 Å². The van der Waals surface area contributed by atoms with Crippen molar-refractivity contribution in [3.63, 3.8) is 0 Å². The second-order valence-corrected chi connectivity index (χ2v) is 4.14. The summed E-state index contributed by atoms with van der Waals surface area (Å²) < 4.78 is 5.84. The number of halogens is 1. The molecule has 1 aromatic rings. The molecule has 0 fully saturated rings. The van der Waals surface area contributed by atoms with Crippen LogP contribution in [0.15, 0.2) is 9.64 Å². The molecular weight excluding hydrogens is 280 g/mol. The molecule has 1 aromatic heterocycles. The van der Waals surface area contributed by atoms with Crippen LogP contribution >= 0.6 is 34.4 Å². The molecule has 2 nitrogen and oxygen atoms in total. The zero-order valence-corrected chi connectivity index (χ0v) is 10.2. The van der Waals surface area contributed by atoms with E-state index in [0.717, 1.165) is 14.7 Å². The van der Waals surface area contributed by atoms with Crippen molar-refractivity contribution >= 4 is 34.4 Å². The number of hydrogen-bond acceptors (Lipinski definition) is 3. The van der Waals surface area contributed by atoms with Crippen molar-refractivity contribution in [2.24, 2.45) is 0 Å². The summed E-state index contributed by atoms with van der Waals surface area (Å²) in [5, 5.41) is 0.739. The standard InChI is InChI=1S/C7H9INOS.Li/c1-2-3-4-11-7-9-6(8)5-10-7;/h2-4H2,1H3;/q-1;+1. The van der Waals surface area contributed by atoms with Crippen molar-refractivity contribution in [1.82, 2.24) is 4.98 Å². The zero-order chi connectivity index (χ0) is 8.10. The van der Waals surface area contributed by atoms with Gasteiger partial charge < -0.3 is 9.40 Å². The van der Waals surface area contributed by atoms with Gasteiger partial charge in [0.05, 0.1) is 5.22 Å². The number of thioether (sulfide) groups is 1. The number of unbranched alkanes of at least 4 members (excludes halogenated alkanes) is 1. The maximum absolute atomic E-state index is 5.03. The SMILES string of the molecule is CCCCSc1nc(I)[c-]o1.[Li+]. The van der Waals surface area contributed by atoms with Gasteiger partial charge in [-0.3, -0.25) is 0 Å². The molecule has 0 unspecified atom stereocenters. The van der Waals surface area contributed by atoms with E-state index in [0.29, 0.717) is 0 Å². The van der Waals surface area contributed by atoms with Gasteiger partial charge in [-0.05, 0) is 41.0 Å². The van der Waals surface area contributed by atoms with Gasteiger partial charge in [-0.2, -0.15) is 11.8 Å². The molecule has 0 aliphatic heterocycles. The molecule has 12 heavy (non-hydrogen) atoms. The minimum atomic E-state index is 0. The molecule has 0 aromatic carbocycles. The van der Waals surface area contributed by atoms with Crippen LogP contribution in [0.25, 0.3) is 0 Å². The van der Waals surface area contributed by atoms with Crippen molar-refractivity contribution in [3.05, 3.63) is 9.96 Å². The Hall–Kier alpha value is 0.887. The Labute approximate surface area is 103 Å². The van der Waals surface area contributed by atoms with E-state index in [1.165, 1.54) is 12.8 Å². The summed E-state index contributed by atoms with van der Waals surface area (Å²) in [6.07, 6.45) is 5.10. The van der Waals surface area contributed by atoms with Gasteiger partial charge in [-0.25, -0.2) is 0 Å². The molecule has 0 saturated carbocycles. The van der Waals surface area contributed by atoms with Crippen LogP contribution in [0.2, 0.25) is 0 Å². The number of oxazole rings is 1. The third-order valence-corrected chi connectivity index (χ3v) is 2.51. The van der Waals surface area contributed by atoms with E-state index in [-0.39, 0.29) is 18.9 Å². The number of rotatable bonds is 4. The summed E-state index contributed by atoms with van der Waals surface area (Å²) in [6.45, 7) is 2.17. The Balaban J connectivity index is 0.00000121. The summed E-state index contributed by atoms with van der Waals surface area (Å²) in [5.74, 6) is 1.08. The van der Waals surface area contributed by atoms with Crippen LogP contribution in [0, 0.1) is 9.96 Å². The Morgan fingerprint density at radius 1 is 1.67 bits per heavy atom. The largest absolute Gasteiger partial charge is 1.00 e. The molecule has 0 spiro atoms. The van der Waals surface area contributed by atoms with Crippen LogP contribution in [-0.2, 0) is 0 Å². The summed E-state index contributed by atoms with van der Waals surface area (Å²) in [4.78, 5) is 4.11. The van der Waals surface area contributed by atoms with Crippen molar-refractivity contribution < 1.29 is 23.3 Å². The van der Waals surface area contributed by atoms with E-state index in [2.05, 4.69) is 40.8 Å². The van der Waals surface area contributed by atoms with Crippen molar-refractivity contribution in [3.8, 4) is 0 Å². The van der Waals surface area contributed by atoms with Crippen LogP contribution in [-0.4, -0.2) is 10.7 Å². The molecule has 1 heterocycles. The summed E-state index contributed by atoms with van der Waals surface area (Å²) in [6, 6.07) is 0. The maximum atomic E-state index is 5.03. The first-order chi connectivity index (χ1) is 5.33. The van der Waals surface area contributed by atoms with Gasteiger partial charge in [0.25, 0.3) is 0 Å². The molecule has 0 amide bonds. The number of hydrogen-bond donors (Lipinski definition) is 0. The monoisotopic (exact) mass is 289 g/mol. The first kappa shape index (κ1) is 12.9. The van der Waals surface area contributed by atoms with E-state index in [1.807, 2.05) is 0 Å². The third kappa shape index (κ3) is 4.80. The average Bonchev–Trinajstić information content (AvgIpc) is 2.37. The third-order valence-electron chi connectivity index (χ3n) is 1.14. The quantitative estimate of drug-likeness (QED) is 0.256. The zero-order valence-electron chi connectivity index (χ0n) is 7.26. The fraction of sp³-hybridized carbons (Fsp3) is 0.571. The normalized spacial score (nSPS) is 9.50.